The molecule has 1 aromatic carbocycles. The molecule has 1 aliphatic heterocycles. The maximum absolute atomic E-state index is 5.40. The van der Waals surface area contributed by atoms with Crippen LogP contribution in [0, 0.1) is 0 Å². The van der Waals surface area contributed by atoms with Crippen molar-refractivity contribution >= 4 is 32.5 Å². The summed E-state index contributed by atoms with van der Waals surface area (Å²) in [4.78, 5) is 7.06. The highest BCUT2D eigenvalue weighted by Gasteiger charge is 2.15. The van der Waals surface area contributed by atoms with E-state index in [1.807, 2.05) is 12.1 Å². The van der Waals surface area contributed by atoms with Gasteiger partial charge in [0.05, 0.1) is 16.8 Å². The van der Waals surface area contributed by atoms with Crippen LogP contribution in [-0.4, -0.2) is 46.3 Å². The van der Waals surface area contributed by atoms with Gasteiger partial charge in [0.15, 0.2) is 0 Å². The Bertz CT molecular complexity index is 846. The van der Waals surface area contributed by atoms with Gasteiger partial charge in [-0.25, -0.2) is 0 Å². The number of hydrogen-bond acceptors (Lipinski definition) is 6. The van der Waals surface area contributed by atoms with E-state index < -0.39 is 0 Å². The molecule has 6 nitrogen and oxygen atoms in total. The Kier molecular flexibility index (Phi) is 4.94. The fourth-order valence-corrected chi connectivity index (χ4v) is 3.69. The van der Waals surface area contributed by atoms with E-state index in [0.717, 1.165) is 46.1 Å². The van der Waals surface area contributed by atoms with Crippen LogP contribution < -0.4 is 5.32 Å². The number of rotatable bonds is 6. The first kappa shape index (κ1) is 16.5. The highest BCUT2D eigenvalue weighted by Crippen LogP contribution is 2.34. The summed E-state index contributed by atoms with van der Waals surface area (Å²) >= 11 is 3.55. The predicted octanol–water partition coefficient (Wildman–Crippen LogP) is 3.95. The maximum atomic E-state index is 5.40. The molecule has 25 heavy (non-hydrogen) atoms. The van der Waals surface area contributed by atoms with Crippen LogP contribution in [0.4, 0.5) is 5.69 Å². The third-order valence-electron chi connectivity index (χ3n) is 4.57. The smallest absolute Gasteiger partial charge is 0.251 e. The zero-order valence-corrected chi connectivity index (χ0v) is 15.5. The van der Waals surface area contributed by atoms with Gasteiger partial charge in [0.25, 0.3) is 5.89 Å². The van der Waals surface area contributed by atoms with Crippen LogP contribution in [0.5, 0.6) is 0 Å². The van der Waals surface area contributed by atoms with Crippen LogP contribution >= 0.6 is 15.9 Å². The summed E-state index contributed by atoms with van der Waals surface area (Å²) in [6.07, 6.45) is 6.90. The lowest BCUT2D eigenvalue weighted by Gasteiger charge is -2.16. The average molecular weight is 402 g/mol. The summed E-state index contributed by atoms with van der Waals surface area (Å²) in [5.41, 5.74) is 2.77. The first-order valence-electron chi connectivity index (χ1n) is 8.62. The van der Waals surface area contributed by atoms with Crippen molar-refractivity contribution in [1.29, 1.82) is 0 Å². The Morgan fingerprint density at radius 3 is 2.92 bits per heavy atom. The van der Waals surface area contributed by atoms with E-state index >= 15 is 0 Å². The molecule has 1 saturated heterocycles. The van der Waals surface area contributed by atoms with Gasteiger partial charge in [-0.2, -0.15) is 0 Å². The number of benzene rings is 1. The van der Waals surface area contributed by atoms with E-state index in [4.69, 9.17) is 4.42 Å². The molecule has 0 bridgehead atoms. The van der Waals surface area contributed by atoms with Crippen LogP contribution in [0.2, 0.25) is 0 Å². The molecule has 0 unspecified atom stereocenters. The molecule has 3 heterocycles. The van der Waals surface area contributed by atoms with Gasteiger partial charge in [0.2, 0.25) is 6.39 Å². The number of hydrogen-bond donors (Lipinski definition) is 1. The number of halogens is 1. The number of likely N-dealkylation sites (tertiary alicyclic amines) is 1. The summed E-state index contributed by atoms with van der Waals surface area (Å²) in [7, 11) is 0. The zero-order chi connectivity index (χ0) is 17.1. The maximum Gasteiger partial charge on any atom is 0.251 e. The number of fused-ring (bicyclic) bond motifs is 1. The molecule has 0 spiro atoms. The minimum atomic E-state index is 0.483. The number of nitrogens with one attached hydrogen (secondary N) is 1. The first-order chi connectivity index (χ1) is 12.3. The second-order valence-corrected chi connectivity index (χ2v) is 7.20. The van der Waals surface area contributed by atoms with Crippen molar-refractivity contribution in [3.05, 3.63) is 35.3 Å². The van der Waals surface area contributed by atoms with E-state index in [0.29, 0.717) is 5.89 Å². The first-order valence-corrected chi connectivity index (χ1v) is 9.41. The molecule has 0 aliphatic carbocycles. The molecule has 4 rings (SSSR count). The minimum Gasteiger partial charge on any atom is -0.423 e. The van der Waals surface area contributed by atoms with E-state index in [1.165, 1.54) is 32.3 Å². The Hall–Kier alpha value is -1.99. The molecule has 1 aliphatic rings. The molecule has 130 valence electrons. The normalized spacial score (nSPS) is 15.1. The third kappa shape index (κ3) is 3.67. The van der Waals surface area contributed by atoms with Crippen LogP contribution in [0.3, 0.4) is 0 Å². The second-order valence-electron chi connectivity index (χ2n) is 6.28. The SMILES string of the molecule is Brc1ccc2ncc(-c3nnco3)c(NCCCN3CCCC3)c2c1. The highest BCUT2D eigenvalue weighted by atomic mass is 79.9. The van der Waals surface area contributed by atoms with Crippen molar-refractivity contribution in [1.82, 2.24) is 20.1 Å². The van der Waals surface area contributed by atoms with Gasteiger partial charge < -0.3 is 14.6 Å². The molecular formula is C18H20BrN5O. The lowest BCUT2D eigenvalue weighted by Crippen LogP contribution is -2.22. The Balaban J connectivity index is 1.59. The molecule has 2 aromatic heterocycles. The summed E-state index contributed by atoms with van der Waals surface area (Å²) in [6, 6.07) is 6.08. The van der Waals surface area contributed by atoms with Crippen molar-refractivity contribution in [2.45, 2.75) is 19.3 Å². The predicted molar refractivity (Wildman–Crippen MR) is 102 cm³/mol. The number of pyridine rings is 1. The molecule has 0 atom stereocenters. The lowest BCUT2D eigenvalue weighted by atomic mass is 10.1. The number of aromatic nitrogens is 3. The third-order valence-corrected chi connectivity index (χ3v) is 5.07. The molecule has 1 N–H and O–H groups in total. The summed E-state index contributed by atoms with van der Waals surface area (Å²) in [5, 5.41) is 12.5. The van der Waals surface area contributed by atoms with Crippen LogP contribution in [-0.2, 0) is 0 Å². The van der Waals surface area contributed by atoms with Crippen molar-refractivity contribution in [2.75, 3.05) is 31.5 Å². The zero-order valence-electron chi connectivity index (χ0n) is 13.9. The fourth-order valence-electron chi connectivity index (χ4n) is 3.33. The van der Waals surface area contributed by atoms with Gasteiger partial charge in [0, 0.05) is 22.6 Å². The molecule has 1 fully saturated rings. The molecule has 7 heteroatoms. The standard InChI is InChI=1S/C18H20BrN5O/c19-13-4-5-16-14(10-13)17(15(11-21-16)18-23-22-12-25-18)20-6-3-9-24-7-1-2-8-24/h4-5,10-12H,1-3,6-9H2,(H,20,21). The van der Waals surface area contributed by atoms with Gasteiger partial charge in [-0.1, -0.05) is 15.9 Å². The Morgan fingerprint density at radius 2 is 2.12 bits per heavy atom. The Labute approximate surface area is 154 Å². The second kappa shape index (κ2) is 7.49. The van der Waals surface area contributed by atoms with Gasteiger partial charge in [-0.05, 0) is 57.1 Å². The van der Waals surface area contributed by atoms with E-state index in [-0.39, 0.29) is 0 Å². The van der Waals surface area contributed by atoms with Crippen LogP contribution in [0.15, 0.2) is 39.7 Å². The van der Waals surface area contributed by atoms with Crippen molar-refractivity contribution < 1.29 is 4.42 Å². The van der Waals surface area contributed by atoms with Crippen molar-refractivity contribution in [3.63, 3.8) is 0 Å². The van der Waals surface area contributed by atoms with Crippen molar-refractivity contribution in [2.24, 2.45) is 0 Å². The fraction of sp³-hybridized carbons (Fsp3) is 0.389. The highest BCUT2D eigenvalue weighted by molar-refractivity contribution is 9.10. The molecule has 0 radical (unpaired) electrons. The number of nitrogens with zero attached hydrogens (tertiary/aromatic N) is 4. The largest absolute Gasteiger partial charge is 0.423 e. The van der Waals surface area contributed by atoms with E-state index in [1.54, 1.807) is 6.20 Å². The quantitative estimate of drug-likeness (QED) is 0.630. The average Bonchev–Trinajstić information content (AvgIpc) is 3.32. The summed E-state index contributed by atoms with van der Waals surface area (Å²) < 4.78 is 6.42. The van der Waals surface area contributed by atoms with E-state index in [2.05, 4.69) is 47.4 Å². The van der Waals surface area contributed by atoms with Gasteiger partial charge in [-0.15, -0.1) is 10.2 Å². The summed E-state index contributed by atoms with van der Waals surface area (Å²) in [5.74, 6) is 0.483. The Morgan fingerprint density at radius 1 is 1.24 bits per heavy atom. The van der Waals surface area contributed by atoms with Gasteiger partial charge >= 0.3 is 0 Å². The number of anilines is 1. The van der Waals surface area contributed by atoms with Gasteiger partial charge in [-0.3, -0.25) is 4.98 Å². The van der Waals surface area contributed by atoms with E-state index in [9.17, 15) is 0 Å². The molecule has 3 aromatic rings. The molecule has 0 saturated carbocycles. The minimum absolute atomic E-state index is 0.483. The summed E-state index contributed by atoms with van der Waals surface area (Å²) in [6.45, 7) is 4.50. The van der Waals surface area contributed by atoms with Crippen molar-refractivity contribution in [3.8, 4) is 11.5 Å². The van der Waals surface area contributed by atoms with Crippen LogP contribution in [0.1, 0.15) is 19.3 Å². The molecule has 0 amide bonds. The van der Waals surface area contributed by atoms with Crippen LogP contribution in [0.25, 0.3) is 22.4 Å². The monoisotopic (exact) mass is 401 g/mol. The topological polar surface area (TPSA) is 67.1 Å². The molecular weight excluding hydrogens is 382 g/mol. The van der Waals surface area contributed by atoms with Gasteiger partial charge in [0.1, 0.15) is 0 Å². The lowest BCUT2D eigenvalue weighted by molar-refractivity contribution is 0.337.